The summed E-state index contributed by atoms with van der Waals surface area (Å²) < 4.78 is 12.9. The molecule has 7 nitrogen and oxygen atoms in total. The first-order valence-corrected chi connectivity index (χ1v) is 7.42. The van der Waals surface area contributed by atoms with Gasteiger partial charge in [-0.3, -0.25) is 0 Å². The second kappa shape index (κ2) is 6.41. The van der Waals surface area contributed by atoms with Crippen molar-refractivity contribution in [2.24, 2.45) is 0 Å². The van der Waals surface area contributed by atoms with Crippen LogP contribution < -0.4 is 4.90 Å². The first kappa shape index (κ1) is 14.9. The Labute approximate surface area is 129 Å². The summed E-state index contributed by atoms with van der Waals surface area (Å²) in [5.41, 5.74) is 2.16. The average Bonchev–Trinajstić information content (AvgIpc) is 2.97. The standard InChI is InChI=1S/C15H21N5O2/c1-11-4-6-13(7-5-11)20-15(16-17-18-20)19-8-12(2)22-14(9-19)10-21-3/h4-7,12,14H,8-10H2,1-3H3. The molecule has 0 spiro atoms. The zero-order valence-corrected chi connectivity index (χ0v) is 13.1. The van der Waals surface area contributed by atoms with Gasteiger partial charge in [-0.2, -0.15) is 4.68 Å². The van der Waals surface area contributed by atoms with Crippen LogP contribution in [0, 0.1) is 6.92 Å². The van der Waals surface area contributed by atoms with Crippen LogP contribution in [0.25, 0.3) is 5.69 Å². The van der Waals surface area contributed by atoms with Crippen molar-refractivity contribution in [3.8, 4) is 5.69 Å². The highest BCUT2D eigenvalue weighted by molar-refractivity contribution is 5.42. The van der Waals surface area contributed by atoms with Crippen molar-refractivity contribution < 1.29 is 9.47 Å². The molecule has 1 aliphatic rings. The molecule has 1 fully saturated rings. The van der Waals surface area contributed by atoms with Crippen molar-refractivity contribution >= 4 is 5.95 Å². The minimum Gasteiger partial charge on any atom is -0.382 e. The lowest BCUT2D eigenvalue weighted by Gasteiger charge is -2.36. The number of benzene rings is 1. The highest BCUT2D eigenvalue weighted by Crippen LogP contribution is 2.20. The van der Waals surface area contributed by atoms with E-state index in [0.717, 1.165) is 18.2 Å². The Morgan fingerprint density at radius 1 is 1.27 bits per heavy atom. The van der Waals surface area contributed by atoms with Crippen molar-refractivity contribution in [2.75, 3.05) is 31.7 Å². The summed E-state index contributed by atoms with van der Waals surface area (Å²) >= 11 is 0. The van der Waals surface area contributed by atoms with Crippen molar-refractivity contribution in [3.63, 3.8) is 0 Å². The predicted molar refractivity (Wildman–Crippen MR) is 82.3 cm³/mol. The largest absolute Gasteiger partial charge is 0.382 e. The molecule has 0 radical (unpaired) electrons. The summed E-state index contributed by atoms with van der Waals surface area (Å²) in [6.45, 7) is 6.14. The highest BCUT2D eigenvalue weighted by Gasteiger charge is 2.28. The molecular weight excluding hydrogens is 282 g/mol. The van der Waals surface area contributed by atoms with Crippen LogP contribution in [0.2, 0.25) is 0 Å². The lowest BCUT2D eigenvalue weighted by molar-refractivity contribution is -0.0515. The minimum absolute atomic E-state index is 0.0249. The number of nitrogens with zero attached hydrogens (tertiary/aromatic N) is 5. The molecule has 0 N–H and O–H groups in total. The van der Waals surface area contributed by atoms with Gasteiger partial charge in [0.25, 0.3) is 5.95 Å². The Hall–Kier alpha value is -1.99. The van der Waals surface area contributed by atoms with E-state index in [-0.39, 0.29) is 12.2 Å². The fraction of sp³-hybridized carbons (Fsp3) is 0.533. The first-order valence-electron chi connectivity index (χ1n) is 7.42. The number of morpholine rings is 1. The molecule has 0 aliphatic carbocycles. The summed E-state index contributed by atoms with van der Waals surface area (Å²) in [5.74, 6) is 0.736. The summed E-state index contributed by atoms with van der Waals surface area (Å²) in [6.07, 6.45) is 0.133. The number of ether oxygens (including phenoxy) is 2. The predicted octanol–water partition coefficient (Wildman–Crippen LogP) is 1.21. The molecule has 0 bridgehead atoms. The lowest BCUT2D eigenvalue weighted by atomic mass is 10.2. The Kier molecular flexibility index (Phi) is 4.35. The van der Waals surface area contributed by atoms with Gasteiger partial charge < -0.3 is 14.4 Å². The van der Waals surface area contributed by atoms with E-state index in [1.54, 1.807) is 11.8 Å². The van der Waals surface area contributed by atoms with Crippen molar-refractivity contribution in [1.29, 1.82) is 0 Å². The highest BCUT2D eigenvalue weighted by atomic mass is 16.5. The molecule has 22 heavy (non-hydrogen) atoms. The van der Waals surface area contributed by atoms with Crippen LogP contribution >= 0.6 is 0 Å². The van der Waals surface area contributed by atoms with Gasteiger partial charge >= 0.3 is 0 Å². The van der Waals surface area contributed by atoms with E-state index < -0.39 is 0 Å². The van der Waals surface area contributed by atoms with E-state index in [4.69, 9.17) is 9.47 Å². The van der Waals surface area contributed by atoms with Gasteiger partial charge in [-0.15, -0.1) is 0 Å². The molecule has 1 aliphatic heterocycles. The van der Waals surface area contributed by atoms with Crippen LogP contribution in [-0.4, -0.2) is 59.2 Å². The zero-order chi connectivity index (χ0) is 15.5. The molecule has 0 amide bonds. The van der Waals surface area contributed by atoms with E-state index in [2.05, 4.69) is 46.4 Å². The Bertz CT molecular complexity index is 613. The molecule has 1 saturated heterocycles. The number of hydrogen-bond acceptors (Lipinski definition) is 6. The van der Waals surface area contributed by atoms with E-state index in [9.17, 15) is 0 Å². The van der Waals surface area contributed by atoms with Crippen LogP contribution in [0.3, 0.4) is 0 Å². The third-order valence-electron chi connectivity index (χ3n) is 3.69. The molecule has 2 atom stereocenters. The first-order chi connectivity index (χ1) is 10.7. The Balaban J connectivity index is 1.86. The Morgan fingerprint density at radius 2 is 2.05 bits per heavy atom. The molecule has 0 saturated carbocycles. The summed E-state index contributed by atoms with van der Waals surface area (Å²) in [5, 5.41) is 12.2. The van der Waals surface area contributed by atoms with Gasteiger partial charge in [-0.1, -0.05) is 22.8 Å². The van der Waals surface area contributed by atoms with Crippen LogP contribution in [0.4, 0.5) is 5.95 Å². The molecule has 2 heterocycles. The summed E-state index contributed by atoms with van der Waals surface area (Å²) in [4.78, 5) is 2.15. The number of tetrazole rings is 1. The summed E-state index contributed by atoms with van der Waals surface area (Å²) in [7, 11) is 1.68. The lowest BCUT2D eigenvalue weighted by Crippen LogP contribution is -2.49. The SMILES string of the molecule is COCC1CN(c2nnnn2-c2ccc(C)cc2)CC(C)O1. The van der Waals surface area contributed by atoms with Gasteiger partial charge in [0, 0.05) is 20.2 Å². The van der Waals surface area contributed by atoms with Crippen molar-refractivity contribution in [3.05, 3.63) is 29.8 Å². The van der Waals surface area contributed by atoms with E-state index in [1.165, 1.54) is 5.56 Å². The third-order valence-corrected chi connectivity index (χ3v) is 3.69. The Morgan fingerprint density at radius 3 is 2.77 bits per heavy atom. The molecule has 1 aromatic carbocycles. The van der Waals surface area contributed by atoms with Gasteiger partial charge in [0.2, 0.25) is 0 Å². The fourth-order valence-corrected chi connectivity index (χ4v) is 2.72. The number of aryl methyl sites for hydroxylation is 1. The second-order valence-electron chi connectivity index (χ2n) is 5.66. The maximum Gasteiger partial charge on any atom is 0.250 e. The van der Waals surface area contributed by atoms with Crippen LogP contribution in [0.1, 0.15) is 12.5 Å². The van der Waals surface area contributed by atoms with Gasteiger partial charge in [-0.25, -0.2) is 0 Å². The van der Waals surface area contributed by atoms with Gasteiger partial charge in [0.1, 0.15) is 0 Å². The van der Waals surface area contributed by atoms with Crippen LogP contribution in [0.5, 0.6) is 0 Å². The molecule has 1 aromatic heterocycles. The average molecular weight is 303 g/mol. The summed E-state index contributed by atoms with van der Waals surface area (Å²) in [6, 6.07) is 8.14. The van der Waals surface area contributed by atoms with E-state index in [0.29, 0.717) is 13.2 Å². The van der Waals surface area contributed by atoms with E-state index in [1.807, 2.05) is 12.1 Å². The number of hydrogen-bond donors (Lipinski definition) is 0. The van der Waals surface area contributed by atoms with Gasteiger partial charge in [0.15, 0.2) is 0 Å². The van der Waals surface area contributed by atoms with Crippen LogP contribution in [-0.2, 0) is 9.47 Å². The molecule has 118 valence electrons. The maximum absolute atomic E-state index is 5.87. The van der Waals surface area contributed by atoms with Crippen LogP contribution in [0.15, 0.2) is 24.3 Å². The van der Waals surface area contributed by atoms with Crippen molar-refractivity contribution in [1.82, 2.24) is 20.2 Å². The zero-order valence-electron chi connectivity index (χ0n) is 13.1. The monoisotopic (exact) mass is 303 g/mol. The van der Waals surface area contributed by atoms with Crippen molar-refractivity contribution in [2.45, 2.75) is 26.1 Å². The third kappa shape index (κ3) is 3.10. The number of anilines is 1. The molecule has 7 heteroatoms. The maximum atomic E-state index is 5.87. The second-order valence-corrected chi connectivity index (χ2v) is 5.66. The molecule has 3 rings (SSSR count). The number of rotatable bonds is 4. The minimum atomic E-state index is 0.0249. The van der Waals surface area contributed by atoms with E-state index >= 15 is 0 Å². The quantitative estimate of drug-likeness (QED) is 0.846. The molecular formula is C15H21N5O2. The number of methoxy groups -OCH3 is 1. The normalized spacial score (nSPS) is 22.0. The van der Waals surface area contributed by atoms with Gasteiger partial charge in [-0.05, 0) is 36.4 Å². The smallest absolute Gasteiger partial charge is 0.250 e. The molecule has 2 aromatic rings. The molecule has 2 unspecified atom stereocenters. The fourth-order valence-electron chi connectivity index (χ4n) is 2.72. The number of aromatic nitrogens is 4. The topological polar surface area (TPSA) is 65.3 Å². The van der Waals surface area contributed by atoms with Gasteiger partial charge in [0.05, 0.1) is 24.5 Å².